The highest BCUT2D eigenvalue weighted by molar-refractivity contribution is 8.16. The summed E-state index contributed by atoms with van der Waals surface area (Å²) in [7, 11) is -0.672. The molecule has 1 fully saturated rings. The average Bonchev–Trinajstić information content (AvgIpc) is 2.83. The second-order valence-electron chi connectivity index (χ2n) is 10.4. The molecule has 1 amide bonds. The molecule has 0 aromatic heterocycles. The van der Waals surface area contributed by atoms with Crippen molar-refractivity contribution in [2.24, 2.45) is 0 Å². The number of rotatable bonds is 10. The Bertz CT molecular complexity index is 1090. The summed E-state index contributed by atoms with van der Waals surface area (Å²) in [5.74, 6) is -0.214. The maximum atomic E-state index is 11.9. The lowest BCUT2D eigenvalue weighted by Crippen LogP contribution is -2.49. The quantitative estimate of drug-likeness (QED) is 0.204. The van der Waals surface area contributed by atoms with Gasteiger partial charge in [0, 0.05) is 17.4 Å². The number of hydrogen-bond donors (Lipinski definition) is 6. The van der Waals surface area contributed by atoms with Gasteiger partial charge < -0.3 is 30.5 Å². The monoisotopic (exact) mass is 533 g/mol. The Hall–Kier alpha value is -2.59. The molecule has 1 unspecified atom stereocenters. The Kier molecular flexibility index (Phi) is 9.63. The van der Waals surface area contributed by atoms with E-state index in [2.05, 4.69) is 24.6 Å². The number of amides is 1. The van der Waals surface area contributed by atoms with Crippen molar-refractivity contribution in [2.75, 3.05) is 18.6 Å². The summed E-state index contributed by atoms with van der Waals surface area (Å²) in [4.78, 5) is 23.0. The molecule has 1 aliphatic heterocycles. The largest absolute Gasteiger partial charge is 0.494 e. The lowest BCUT2D eigenvalue weighted by atomic mass is 9.94. The van der Waals surface area contributed by atoms with E-state index >= 15 is 0 Å². The molecular formula is C28H39NO7S. The molecule has 204 valence electrons. The minimum absolute atomic E-state index is 0.177. The van der Waals surface area contributed by atoms with Crippen LogP contribution in [0.25, 0.3) is 0 Å². The summed E-state index contributed by atoms with van der Waals surface area (Å²) >= 11 is 0. The first-order valence-electron chi connectivity index (χ1n) is 12.5. The van der Waals surface area contributed by atoms with Crippen LogP contribution in [-0.4, -0.2) is 74.8 Å². The minimum atomic E-state index is -1.30. The molecule has 5 N–H and O–H groups in total. The first-order valence-corrected chi connectivity index (χ1v) is 14.5. The van der Waals surface area contributed by atoms with Crippen LogP contribution in [0.4, 0.5) is 0 Å². The number of nitrogens with one attached hydrogen (secondary N) is 1. The number of carboxylic acid groups (broad SMARTS) is 1. The molecular weight excluding hydrogens is 494 g/mol. The zero-order chi connectivity index (χ0) is 27.3. The van der Waals surface area contributed by atoms with E-state index in [0.717, 1.165) is 22.3 Å². The molecule has 1 aliphatic rings. The summed E-state index contributed by atoms with van der Waals surface area (Å²) in [6, 6.07) is 13.9. The lowest BCUT2D eigenvalue weighted by molar-refractivity contribution is -0.146. The van der Waals surface area contributed by atoms with Gasteiger partial charge in [-0.2, -0.15) is 0 Å². The Labute approximate surface area is 221 Å². The molecule has 0 bridgehead atoms. The molecule has 1 heterocycles. The second kappa shape index (κ2) is 12.3. The number of aliphatic hydroxyl groups is 3. The third-order valence-electron chi connectivity index (χ3n) is 6.85. The third kappa shape index (κ3) is 7.47. The molecule has 37 heavy (non-hydrogen) atoms. The van der Waals surface area contributed by atoms with Crippen molar-refractivity contribution in [3.05, 3.63) is 64.7 Å². The van der Waals surface area contributed by atoms with Crippen LogP contribution in [0.15, 0.2) is 42.5 Å². The number of aryl methyl sites for hydroxylation is 1. The van der Waals surface area contributed by atoms with Gasteiger partial charge in [-0.3, -0.25) is 4.79 Å². The molecule has 2 aromatic rings. The molecule has 0 radical (unpaired) electrons. The molecule has 2 aromatic carbocycles. The molecule has 0 saturated carbocycles. The normalized spacial score (nSPS) is 24.9. The predicted molar refractivity (Wildman–Crippen MR) is 146 cm³/mol. The SMILES string of the molecule is Cc1ccc([C@H]2[C@H](O)[C@H](O)[C@H](O)C[SH]2C)cc1Cc1ccc(OCCCC(=O)NC(C)(C)C(=O)O)cc1. The van der Waals surface area contributed by atoms with Crippen molar-refractivity contribution < 1.29 is 34.8 Å². The number of aliphatic hydroxyl groups excluding tert-OH is 3. The summed E-state index contributed by atoms with van der Waals surface area (Å²) in [5.41, 5.74) is 3.06. The fourth-order valence-corrected chi connectivity index (χ4v) is 6.92. The van der Waals surface area contributed by atoms with Crippen LogP contribution in [0.2, 0.25) is 0 Å². The van der Waals surface area contributed by atoms with Gasteiger partial charge in [0.1, 0.15) is 17.4 Å². The number of thiol groups is 1. The van der Waals surface area contributed by atoms with Crippen molar-refractivity contribution in [1.29, 1.82) is 0 Å². The second-order valence-corrected chi connectivity index (χ2v) is 12.8. The summed E-state index contributed by atoms with van der Waals surface area (Å²) in [6.07, 6.45) is 0.404. The Morgan fingerprint density at radius 3 is 2.41 bits per heavy atom. The molecule has 0 aliphatic carbocycles. The zero-order valence-electron chi connectivity index (χ0n) is 21.8. The lowest BCUT2D eigenvalue weighted by Gasteiger charge is -2.42. The summed E-state index contributed by atoms with van der Waals surface area (Å²) in [6.45, 7) is 5.28. The van der Waals surface area contributed by atoms with E-state index in [4.69, 9.17) is 9.84 Å². The summed E-state index contributed by atoms with van der Waals surface area (Å²) in [5, 5.41) is 42.3. The first kappa shape index (κ1) is 29.0. The number of carbonyl (C=O) groups is 2. The molecule has 0 spiro atoms. The third-order valence-corrected chi connectivity index (χ3v) is 9.36. The van der Waals surface area contributed by atoms with Crippen LogP contribution in [0.5, 0.6) is 5.75 Å². The van der Waals surface area contributed by atoms with Gasteiger partial charge in [-0.15, -0.1) is 0 Å². The minimum Gasteiger partial charge on any atom is -0.494 e. The summed E-state index contributed by atoms with van der Waals surface area (Å²) < 4.78 is 5.74. The van der Waals surface area contributed by atoms with Crippen molar-refractivity contribution in [3.63, 3.8) is 0 Å². The van der Waals surface area contributed by atoms with Gasteiger partial charge in [0.2, 0.25) is 5.91 Å². The number of aliphatic carboxylic acids is 1. The van der Waals surface area contributed by atoms with Crippen molar-refractivity contribution in [3.8, 4) is 5.75 Å². The topological polar surface area (TPSA) is 136 Å². The number of benzene rings is 2. The highest BCUT2D eigenvalue weighted by atomic mass is 32.2. The maximum Gasteiger partial charge on any atom is 0.328 e. The Balaban J connectivity index is 1.56. The molecule has 1 saturated heterocycles. The number of hydrogen-bond acceptors (Lipinski definition) is 6. The molecule has 8 nitrogen and oxygen atoms in total. The van der Waals surface area contributed by atoms with Crippen molar-refractivity contribution >= 4 is 22.8 Å². The molecule has 9 heteroatoms. The van der Waals surface area contributed by atoms with E-state index in [9.17, 15) is 24.9 Å². The van der Waals surface area contributed by atoms with Crippen LogP contribution in [0.1, 0.15) is 54.2 Å². The Morgan fingerprint density at radius 2 is 1.76 bits per heavy atom. The highest BCUT2D eigenvalue weighted by Crippen LogP contribution is 2.48. The number of carbonyl (C=O) groups excluding carboxylic acids is 1. The van der Waals surface area contributed by atoms with E-state index < -0.39 is 40.7 Å². The van der Waals surface area contributed by atoms with Crippen LogP contribution >= 0.6 is 10.9 Å². The van der Waals surface area contributed by atoms with E-state index in [-0.39, 0.29) is 17.6 Å². The van der Waals surface area contributed by atoms with Crippen LogP contribution in [0.3, 0.4) is 0 Å². The van der Waals surface area contributed by atoms with Crippen LogP contribution in [-0.2, 0) is 16.0 Å². The number of ether oxygens (including phenoxy) is 1. The van der Waals surface area contributed by atoms with Crippen LogP contribution < -0.4 is 10.1 Å². The van der Waals surface area contributed by atoms with Gasteiger partial charge in [-0.05, 0) is 74.3 Å². The highest BCUT2D eigenvalue weighted by Gasteiger charge is 2.40. The molecule has 5 atom stereocenters. The average molecular weight is 534 g/mol. The van der Waals surface area contributed by atoms with E-state index in [0.29, 0.717) is 31.0 Å². The van der Waals surface area contributed by atoms with Crippen LogP contribution in [0, 0.1) is 6.92 Å². The zero-order valence-corrected chi connectivity index (χ0v) is 22.7. The van der Waals surface area contributed by atoms with Gasteiger partial charge in [0.15, 0.2) is 0 Å². The van der Waals surface area contributed by atoms with Gasteiger partial charge in [-0.25, -0.2) is 15.7 Å². The maximum absolute atomic E-state index is 11.9. The van der Waals surface area contributed by atoms with E-state index in [1.807, 2.05) is 36.4 Å². The molecule has 3 rings (SSSR count). The smallest absolute Gasteiger partial charge is 0.328 e. The first-order chi connectivity index (χ1) is 17.4. The van der Waals surface area contributed by atoms with Gasteiger partial charge in [-0.1, -0.05) is 30.3 Å². The fraction of sp³-hybridized carbons (Fsp3) is 0.500. The fourth-order valence-electron chi connectivity index (χ4n) is 4.52. The van der Waals surface area contributed by atoms with Gasteiger partial charge in [0.05, 0.1) is 18.8 Å². The number of carboxylic acids is 1. The predicted octanol–water partition coefficient (Wildman–Crippen LogP) is 2.49. The van der Waals surface area contributed by atoms with Gasteiger partial charge in [0.25, 0.3) is 0 Å². The van der Waals surface area contributed by atoms with Crippen molar-refractivity contribution in [2.45, 2.75) is 69.1 Å². The Morgan fingerprint density at radius 1 is 1.08 bits per heavy atom. The standard InChI is InChI=1S/C28H39NO7S/c1-17-7-10-19(26-25(33)24(32)22(30)16-37(26)4)15-20(17)14-18-8-11-21(12-9-18)36-13-5-6-23(31)29-28(2,3)27(34)35/h7-12,15,22,24-26,30,32-33,37H,5-6,13-14,16H2,1-4H3,(H,29,31)(H,34,35)/t22-,24-,25-,26+/m1/s1. The van der Waals surface area contributed by atoms with Crippen molar-refractivity contribution in [1.82, 2.24) is 5.32 Å². The van der Waals surface area contributed by atoms with E-state index in [1.165, 1.54) is 13.8 Å². The van der Waals surface area contributed by atoms with E-state index in [1.54, 1.807) is 0 Å². The van der Waals surface area contributed by atoms with Gasteiger partial charge >= 0.3 is 5.97 Å².